The Morgan fingerprint density at radius 1 is 0.957 bits per heavy atom. The van der Waals surface area contributed by atoms with Crippen LogP contribution in [0.25, 0.3) is 33.5 Å². The third kappa shape index (κ3) is 8.91. The molecule has 1 aliphatic rings. The lowest BCUT2D eigenvalue weighted by atomic mass is 10.0. The zero-order chi connectivity index (χ0) is 34.0. The van der Waals surface area contributed by atoms with E-state index in [0.717, 1.165) is 28.3 Å². The molecule has 0 aliphatic carbocycles. The van der Waals surface area contributed by atoms with Gasteiger partial charge in [-0.2, -0.15) is 4.98 Å². The summed E-state index contributed by atoms with van der Waals surface area (Å²) in [6.07, 6.45) is -1.11. The molecule has 0 spiro atoms. The Balaban J connectivity index is 1.36. The van der Waals surface area contributed by atoms with Gasteiger partial charge in [-0.05, 0) is 41.4 Å². The molecule has 1 fully saturated rings. The summed E-state index contributed by atoms with van der Waals surface area (Å²) in [6.45, 7) is 19.6. The molecule has 8 nitrogen and oxygen atoms in total. The average Bonchev–Trinajstić information content (AvgIpc) is 3.33. The molecule has 4 aromatic rings. The lowest BCUT2D eigenvalue weighted by molar-refractivity contribution is -0.131. The molecule has 1 aliphatic heterocycles. The standard InChI is InChI=1S/C36H50ClN3O5Si2/c1-36(2,3)47(7,8)44-23-32-31(41)20-28(22-43-32)45-35-39-34-30(40(35)24-42-18-19-46(4,5)6)21-29(37)33(38-34)27-16-14-26(15-17-27)25-12-10-9-11-13-25/h9-17,21,28,31-32,41H,18-20,22-24H2,1-8H3/t28-,31+,32-/m1/s1. The second-order valence-corrected chi connectivity index (χ2v) is 26.1. The third-order valence-electron chi connectivity index (χ3n) is 9.26. The maximum Gasteiger partial charge on any atom is 0.301 e. The van der Waals surface area contributed by atoms with Gasteiger partial charge in [0.1, 0.15) is 18.9 Å². The normalized spacial score (nSPS) is 19.3. The van der Waals surface area contributed by atoms with Gasteiger partial charge in [0.15, 0.2) is 14.0 Å². The first kappa shape index (κ1) is 35.7. The molecule has 3 heterocycles. The summed E-state index contributed by atoms with van der Waals surface area (Å²) < 4.78 is 26.9. The first-order valence-electron chi connectivity index (χ1n) is 16.5. The molecule has 11 heteroatoms. The molecule has 3 atom stereocenters. The van der Waals surface area contributed by atoms with Gasteiger partial charge in [0.2, 0.25) is 0 Å². The fourth-order valence-electron chi connectivity index (χ4n) is 5.14. The minimum Gasteiger partial charge on any atom is -0.459 e. The molecule has 0 amide bonds. The smallest absolute Gasteiger partial charge is 0.301 e. The first-order chi connectivity index (χ1) is 22.1. The van der Waals surface area contributed by atoms with E-state index in [0.29, 0.717) is 48.6 Å². The summed E-state index contributed by atoms with van der Waals surface area (Å²) in [6, 6.07) is 21.7. The molecule has 2 aromatic carbocycles. The largest absolute Gasteiger partial charge is 0.459 e. The highest BCUT2D eigenvalue weighted by Crippen LogP contribution is 2.37. The van der Waals surface area contributed by atoms with Gasteiger partial charge in [-0.25, -0.2) is 4.98 Å². The Hall–Kier alpha value is -2.58. The van der Waals surface area contributed by atoms with Crippen molar-refractivity contribution in [1.82, 2.24) is 14.5 Å². The number of hydrogen-bond donors (Lipinski definition) is 1. The summed E-state index contributed by atoms with van der Waals surface area (Å²) in [4.78, 5) is 9.71. The van der Waals surface area contributed by atoms with E-state index in [1.165, 1.54) is 0 Å². The first-order valence-corrected chi connectivity index (χ1v) is 23.5. The molecule has 2 aromatic heterocycles. The molecule has 0 radical (unpaired) electrons. The molecule has 0 saturated carbocycles. The van der Waals surface area contributed by atoms with Crippen molar-refractivity contribution >= 4 is 39.2 Å². The number of rotatable bonds is 12. The summed E-state index contributed by atoms with van der Waals surface area (Å²) in [5.41, 5.74) is 5.05. The van der Waals surface area contributed by atoms with E-state index in [1.807, 2.05) is 41.0 Å². The summed E-state index contributed by atoms with van der Waals surface area (Å²) in [7, 11) is -3.24. The van der Waals surface area contributed by atoms with Crippen molar-refractivity contribution in [2.45, 2.75) is 96.1 Å². The number of aliphatic hydroxyl groups is 1. The van der Waals surface area contributed by atoms with Crippen molar-refractivity contribution in [3.63, 3.8) is 0 Å². The lowest BCUT2D eigenvalue weighted by Crippen LogP contribution is -2.49. The Labute approximate surface area is 286 Å². The quantitative estimate of drug-likeness (QED) is 0.117. The predicted octanol–water partition coefficient (Wildman–Crippen LogP) is 8.65. The van der Waals surface area contributed by atoms with Crippen LogP contribution in [0.1, 0.15) is 27.2 Å². The van der Waals surface area contributed by atoms with E-state index in [4.69, 9.17) is 40.2 Å². The van der Waals surface area contributed by atoms with E-state index >= 15 is 0 Å². The van der Waals surface area contributed by atoms with E-state index in [1.54, 1.807) is 0 Å². The number of halogens is 1. The fourth-order valence-corrected chi connectivity index (χ4v) is 7.16. The van der Waals surface area contributed by atoms with E-state index in [2.05, 4.69) is 77.8 Å². The van der Waals surface area contributed by atoms with Crippen LogP contribution in [0, 0.1) is 0 Å². The number of fused-ring (bicyclic) bond motifs is 1. The number of imidazole rings is 1. The average molecular weight is 696 g/mol. The van der Waals surface area contributed by atoms with Crippen LogP contribution in [-0.2, 0) is 20.6 Å². The minimum absolute atomic E-state index is 0.0803. The number of nitrogens with zero attached hydrogens (tertiary/aromatic N) is 3. The van der Waals surface area contributed by atoms with Gasteiger partial charge in [0.25, 0.3) is 0 Å². The highest BCUT2D eigenvalue weighted by molar-refractivity contribution is 6.76. The maximum atomic E-state index is 11.0. The van der Waals surface area contributed by atoms with Crippen molar-refractivity contribution in [1.29, 1.82) is 0 Å². The van der Waals surface area contributed by atoms with E-state index < -0.39 is 34.7 Å². The molecule has 254 valence electrons. The van der Waals surface area contributed by atoms with Gasteiger partial charge in [0, 0.05) is 26.7 Å². The monoisotopic (exact) mass is 695 g/mol. The van der Waals surface area contributed by atoms with Gasteiger partial charge in [0.05, 0.1) is 35.6 Å². The van der Waals surface area contributed by atoms with E-state index in [9.17, 15) is 5.11 Å². The van der Waals surface area contributed by atoms with Crippen LogP contribution in [0.5, 0.6) is 6.01 Å². The summed E-state index contributed by atoms with van der Waals surface area (Å²) >= 11 is 6.87. The van der Waals surface area contributed by atoms with Gasteiger partial charge < -0.3 is 23.7 Å². The number of aliphatic hydroxyl groups excluding tert-OH is 1. The SMILES string of the molecule is CC(C)(C)[Si](C)(C)OC[C@H]1OC[C@H](Oc2nc3nc(-c4ccc(-c5ccccc5)cc4)c(Cl)cc3n2COCC[Si](C)(C)C)C[C@@H]1O. The second-order valence-electron chi connectivity index (χ2n) is 15.3. The Kier molecular flexibility index (Phi) is 11.0. The van der Waals surface area contributed by atoms with Crippen molar-refractivity contribution in [2.75, 3.05) is 19.8 Å². The van der Waals surface area contributed by atoms with Crippen LogP contribution in [0.4, 0.5) is 0 Å². The lowest BCUT2D eigenvalue weighted by Gasteiger charge is -2.39. The van der Waals surface area contributed by atoms with Gasteiger partial charge in [-0.1, -0.05) is 107 Å². The summed E-state index contributed by atoms with van der Waals surface area (Å²) in [5, 5.41) is 11.6. The van der Waals surface area contributed by atoms with Gasteiger partial charge in [-0.15, -0.1) is 0 Å². The van der Waals surface area contributed by atoms with Crippen molar-refractivity contribution in [2.24, 2.45) is 0 Å². The Bertz CT molecular complexity index is 1640. The molecule has 0 unspecified atom stereocenters. The van der Waals surface area contributed by atoms with Crippen LogP contribution in [-0.4, -0.2) is 74.2 Å². The van der Waals surface area contributed by atoms with Gasteiger partial charge in [-0.3, -0.25) is 4.57 Å². The number of pyridine rings is 1. The highest BCUT2D eigenvalue weighted by atomic mass is 35.5. The zero-order valence-corrected chi connectivity index (χ0v) is 31.8. The van der Waals surface area contributed by atoms with E-state index in [-0.39, 0.29) is 11.8 Å². The number of aromatic nitrogens is 3. The number of benzene rings is 2. The van der Waals surface area contributed by atoms with Crippen LogP contribution in [0.3, 0.4) is 0 Å². The van der Waals surface area contributed by atoms with Crippen molar-refractivity contribution in [3.05, 3.63) is 65.7 Å². The molecular weight excluding hydrogens is 646 g/mol. The molecule has 0 bridgehead atoms. The molecule has 5 rings (SSSR count). The molecule has 47 heavy (non-hydrogen) atoms. The third-order valence-corrected chi connectivity index (χ3v) is 15.8. The summed E-state index contributed by atoms with van der Waals surface area (Å²) in [5.74, 6) is 0. The van der Waals surface area contributed by atoms with Crippen LogP contribution >= 0.6 is 11.6 Å². The maximum absolute atomic E-state index is 11.0. The van der Waals surface area contributed by atoms with Crippen LogP contribution in [0.2, 0.25) is 48.8 Å². The van der Waals surface area contributed by atoms with Crippen LogP contribution in [0.15, 0.2) is 60.7 Å². The predicted molar refractivity (Wildman–Crippen MR) is 195 cm³/mol. The minimum atomic E-state index is -1.97. The zero-order valence-electron chi connectivity index (χ0n) is 29.0. The second kappa shape index (κ2) is 14.5. The topological polar surface area (TPSA) is 87.9 Å². The van der Waals surface area contributed by atoms with Crippen molar-refractivity contribution < 1.29 is 23.7 Å². The van der Waals surface area contributed by atoms with Gasteiger partial charge >= 0.3 is 6.01 Å². The highest BCUT2D eigenvalue weighted by Gasteiger charge is 2.40. The Morgan fingerprint density at radius 2 is 1.62 bits per heavy atom. The Morgan fingerprint density at radius 3 is 2.26 bits per heavy atom. The molecular formula is C36H50ClN3O5Si2. The number of ether oxygens (including phenoxy) is 3. The van der Waals surface area contributed by atoms with Crippen molar-refractivity contribution in [3.8, 4) is 28.4 Å². The number of hydrogen-bond acceptors (Lipinski definition) is 7. The molecule has 1 saturated heterocycles. The fraction of sp³-hybridized carbons (Fsp3) is 0.500. The van der Waals surface area contributed by atoms with Crippen LogP contribution < -0.4 is 4.74 Å². The molecule has 1 N–H and O–H groups in total.